The summed E-state index contributed by atoms with van der Waals surface area (Å²) in [6, 6.07) is 13.1. The molecule has 1 saturated heterocycles. The van der Waals surface area contributed by atoms with Crippen molar-refractivity contribution in [3.8, 4) is 11.6 Å². The molecule has 43 heavy (non-hydrogen) atoms. The molecule has 0 radical (unpaired) electrons. The molecule has 0 bridgehead atoms. The quantitative estimate of drug-likeness (QED) is 0.334. The highest BCUT2D eigenvalue weighted by Crippen LogP contribution is 2.32. The number of carbonyl (C=O) groups excluding carboxylic acids is 1. The number of hydrogen-bond acceptors (Lipinski definition) is 6. The van der Waals surface area contributed by atoms with Crippen molar-refractivity contribution in [2.45, 2.75) is 11.1 Å². The fourth-order valence-electron chi connectivity index (χ4n) is 4.71. The van der Waals surface area contributed by atoms with Gasteiger partial charge < -0.3 is 24.2 Å². The number of alkyl halides is 3. The van der Waals surface area contributed by atoms with Crippen LogP contribution in [0.3, 0.4) is 0 Å². The van der Waals surface area contributed by atoms with Gasteiger partial charge in [-0.2, -0.15) is 13.2 Å². The van der Waals surface area contributed by atoms with E-state index in [2.05, 4.69) is 4.98 Å². The summed E-state index contributed by atoms with van der Waals surface area (Å²) in [5.74, 6) is 0.365. The van der Waals surface area contributed by atoms with Gasteiger partial charge in [-0.05, 0) is 54.6 Å². The van der Waals surface area contributed by atoms with E-state index in [4.69, 9.17) is 9.84 Å². The largest absolute Gasteiger partial charge is 0.465 e. The van der Waals surface area contributed by atoms with Gasteiger partial charge in [0.25, 0.3) is 15.9 Å². The van der Waals surface area contributed by atoms with E-state index < -0.39 is 27.9 Å². The number of carboxylic acid groups (broad SMARTS) is 1. The van der Waals surface area contributed by atoms with E-state index in [1.807, 2.05) is 0 Å². The molecule has 1 fully saturated rings. The summed E-state index contributed by atoms with van der Waals surface area (Å²) in [5, 5.41) is 9.87. The number of aromatic nitrogens is 2. The van der Waals surface area contributed by atoms with Crippen LogP contribution in [0.1, 0.15) is 16.1 Å². The zero-order valence-corrected chi connectivity index (χ0v) is 23.8. The summed E-state index contributed by atoms with van der Waals surface area (Å²) in [7, 11) is -1.12. The SMILES string of the molecule is CN(c1ccc(Oc2ccc3c(c2)cc(C(=O)N2CCN(C(=O)O)CC2)n3C)nc1)S(=O)(=O)c1ccc(C(F)(F)F)cc1. The molecule has 15 heteroatoms. The van der Waals surface area contributed by atoms with Crippen molar-refractivity contribution in [1.29, 1.82) is 0 Å². The first-order chi connectivity index (χ1) is 20.3. The number of benzene rings is 2. The van der Waals surface area contributed by atoms with Crippen LogP contribution >= 0.6 is 0 Å². The van der Waals surface area contributed by atoms with E-state index in [-0.39, 0.29) is 35.5 Å². The van der Waals surface area contributed by atoms with Gasteiger partial charge in [0.2, 0.25) is 5.88 Å². The van der Waals surface area contributed by atoms with Crippen LogP contribution in [0, 0.1) is 0 Å². The van der Waals surface area contributed by atoms with E-state index in [1.165, 1.54) is 30.3 Å². The predicted molar refractivity (Wildman–Crippen MR) is 150 cm³/mol. The third-order valence-electron chi connectivity index (χ3n) is 7.22. The zero-order chi connectivity index (χ0) is 31.1. The van der Waals surface area contributed by atoms with Crippen LogP contribution in [-0.2, 0) is 23.2 Å². The van der Waals surface area contributed by atoms with Crippen LogP contribution in [0.2, 0.25) is 0 Å². The Bertz CT molecular complexity index is 1780. The molecule has 2 amide bonds. The highest BCUT2D eigenvalue weighted by Gasteiger charge is 2.31. The molecular formula is C28H26F3N5O6S. The summed E-state index contributed by atoms with van der Waals surface area (Å²) in [4.78, 5) is 31.1. The van der Waals surface area contributed by atoms with Gasteiger partial charge in [0, 0.05) is 57.2 Å². The van der Waals surface area contributed by atoms with Gasteiger partial charge >= 0.3 is 12.3 Å². The summed E-state index contributed by atoms with van der Waals surface area (Å²) < 4.78 is 72.9. The normalized spacial score (nSPS) is 14.2. The van der Waals surface area contributed by atoms with E-state index in [0.29, 0.717) is 36.7 Å². The molecule has 0 spiro atoms. The monoisotopic (exact) mass is 617 g/mol. The van der Waals surface area contributed by atoms with Gasteiger partial charge in [-0.1, -0.05) is 0 Å². The molecule has 1 N–H and O–H groups in total. The lowest BCUT2D eigenvalue weighted by atomic mass is 10.2. The van der Waals surface area contributed by atoms with Crippen LogP contribution in [0.15, 0.2) is 71.8 Å². The molecule has 3 heterocycles. The van der Waals surface area contributed by atoms with Gasteiger partial charge in [-0.3, -0.25) is 9.10 Å². The number of pyridine rings is 1. The van der Waals surface area contributed by atoms with Gasteiger partial charge in [0.05, 0.1) is 22.3 Å². The van der Waals surface area contributed by atoms with Gasteiger partial charge in [0.15, 0.2) is 0 Å². The van der Waals surface area contributed by atoms with E-state index in [9.17, 15) is 31.2 Å². The fourth-order valence-corrected chi connectivity index (χ4v) is 5.89. The standard InChI is InChI=1S/C28H26F3N5O6S/c1-33-23-9-6-21(15-18(23)16-24(33)26(37)35-11-13-36(14-12-35)27(38)39)42-25-10-5-20(17-32-25)34(2)43(40,41)22-7-3-19(4-8-22)28(29,30)31/h3-10,15-17H,11-14H2,1-2H3,(H,38,39). The summed E-state index contributed by atoms with van der Waals surface area (Å²) in [6.45, 7) is 1.07. The summed E-state index contributed by atoms with van der Waals surface area (Å²) >= 11 is 0. The minimum absolute atomic E-state index is 0.159. The van der Waals surface area contributed by atoms with Crippen LogP contribution in [-0.4, -0.2) is 78.1 Å². The van der Waals surface area contributed by atoms with Crippen LogP contribution in [0.5, 0.6) is 11.6 Å². The lowest BCUT2D eigenvalue weighted by molar-refractivity contribution is -0.137. The molecule has 1 aliphatic rings. The van der Waals surface area contributed by atoms with Crippen molar-refractivity contribution in [1.82, 2.24) is 19.4 Å². The summed E-state index contributed by atoms with van der Waals surface area (Å²) in [6.07, 6.45) is -4.33. The topological polar surface area (TPSA) is 125 Å². The number of nitrogens with zero attached hydrogens (tertiary/aromatic N) is 5. The second-order valence-corrected chi connectivity index (χ2v) is 11.8. The highest BCUT2D eigenvalue weighted by molar-refractivity contribution is 7.92. The highest BCUT2D eigenvalue weighted by atomic mass is 32.2. The maximum Gasteiger partial charge on any atom is 0.416 e. The number of aryl methyl sites for hydroxylation is 1. The molecule has 226 valence electrons. The second kappa shape index (κ2) is 11.1. The Hall–Kier alpha value is -4.79. The predicted octanol–water partition coefficient (Wildman–Crippen LogP) is 4.65. The third kappa shape index (κ3) is 5.93. The number of carbonyl (C=O) groups is 2. The van der Waals surface area contributed by atoms with Gasteiger partial charge in [0.1, 0.15) is 11.4 Å². The molecule has 2 aromatic heterocycles. The van der Waals surface area contributed by atoms with Crippen molar-refractivity contribution < 1.29 is 41.0 Å². The Kier molecular flexibility index (Phi) is 7.69. The molecule has 2 aromatic carbocycles. The van der Waals surface area contributed by atoms with Crippen molar-refractivity contribution >= 4 is 38.6 Å². The molecular weight excluding hydrogens is 591 g/mol. The number of rotatable bonds is 6. The average Bonchev–Trinajstić information content (AvgIpc) is 3.31. The van der Waals surface area contributed by atoms with Crippen molar-refractivity contribution in [3.05, 3.63) is 78.1 Å². The van der Waals surface area contributed by atoms with E-state index >= 15 is 0 Å². The molecule has 4 aromatic rings. The number of amides is 2. The number of fused-ring (bicyclic) bond motifs is 1. The van der Waals surface area contributed by atoms with Crippen molar-refractivity contribution in [2.75, 3.05) is 37.5 Å². The Balaban J connectivity index is 1.28. The maximum atomic E-state index is 13.2. The van der Waals surface area contributed by atoms with Crippen molar-refractivity contribution in [3.63, 3.8) is 0 Å². The number of ether oxygens (including phenoxy) is 1. The minimum Gasteiger partial charge on any atom is -0.465 e. The number of sulfonamides is 1. The van der Waals surface area contributed by atoms with Gasteiger partial charge in [-0.25, -0.2) is 18.2 Å². The average molecular weight is 618 g/mol. The molecule has 0 atom stereocenters. The Labute approximate surface area is 244 Å². The first kappa shape index (κ1) is 29.7. The molecule has 11 nitrogen and oxygen atoms in total. The van der Waals surface area contributed by atoms with E-state index in [1.54, 1.807) is 40.8 Å². The van der Waals surface area contributed by atoms with Crippen molar-refractivity contribution in [2.24, 2.45) is 7.05 Å². The number of hydrogen-bond donors (Lipinski definition) is 1. The van der Waals surface area contributed by atoms with Gasteiger partial charge in [-0.15, -0.1) is 0 Å². The number of halogens is 3. The third-order valence-corrected chi connectivity index (χ3v) is 9.02. The Morgan fingerprint density at radius 3 is 2.19 bits per heavy atom. The summed E-state index contributed by atoms with van der Waals surface area (Å²) in [5.41, 5.74) is 0.428. The van der Waals surface area contributed by atoms with E-state index in [0.717, 1.165) is 27.3 Å². The second-order valence-electron chi connectivity index (χ2n) is 9.82. The Morgan fingerprint density at radius 1 is 0.953 bits per heavy atom. The number of anilines is 1. The van der Waals surface area contributed by atoms with Crippen LogP contribution in [0.25, 0.3) is 10.9 Å². The first-order valence-electron chi connectivity index (χ1n) is 12.9. The molecule has 0 aliphatic carbocycles. The maximum absolute atomic E-state index is 13.2. The zero-order valence-electron chi connectivity index (χ0n) is 22.9. The lowest BCUT2D eigenvalue weighted by Gasteiger charge is -2.33. The van der Waals surface area contributed by atoms with Crippen LogP contribution < -0.4 is 9.04 Å². The Morgan fingerprint density at radius 2 is 1.60 bits per heavy atom. The molecule has 1 aliphatic heterocycles. The lowest BCUT2D eigenvalue weighted by Crippen LogP contribution is -2.50. The minimum atomic E-state index is -4.58. The number of piperazine rings is 1. The fraction of sp³-hybridized carbons (Fsp3) is 0.250. The van der Waals surface area contributed by atoms with Crippen LogP contribution in [0.4, 0.5) is 23.7 Å². The first-order valence-corrected chi connectivity index (χ1v) is 14.4. The molecule has 0 unspecified atom stereocenters. The molecule has 0 saturated carbocycles. The smallest absolute Gasteiger partial charge is 0.416 e. The molecule has 5 rings (SSSR count).